The van der Waals surface area contributed by atoms with Crippen molar-refractivity contribution in [1.29, 1.82) is 0 Å². The Bertz CT molecular complexity index is 320. The van der Waals surface area contributed by atoms with Gasteiger partial charge in [0.15, 0.2) is 0 Å². The average molecular weight is 267 g/mol. The lowest BCUT2D eigenvalue weighted by atomic mass is 9.84. The van der Waals surface area contributed by atoms with Crippen molar-refractivity contribution in [3.05, 3.63) is 0 Å². The molecule has 0 aliphatic heterocycles. The molecule has 0 bridgehead atoms. The van der Waals surface area contributed by atoms with Crippen molar-refractivity contribution < 1.29 is 9.59 Å². The van der Waals surface area contributed by atoms with Gasteiger partial charge in [-0.3, -0.25) is 9.59 Å². The maximum atomic E-state index is 12.3. The fraction of sp³-hybridized carbons (Fsp3) is 0.875. The molecular formula is C16H29NO2. The number of nitrogens with zero attached hydrogens (tertiary/aromatic N) is 1. The van der Waals surface area contributed by atoms with E-state index in [4.69, 9.17) is 0 Å². The summed E-state index contributed by atoms with van der Waals surface area (Å²) in [6, 6.07) is 0.270. The molecule has 0 heterocycles. The van der Waals surface area contributed by atoms with Crippen LogP contribution in [0.5, 0.6) is 0 Å². The maximum Gasteiger partial charge on any atom is 0.222 e. The minimum absolute atomic E-state index is 0.232. The lowest BCUT2D eigenvalue weighted by Crippen LogP contribution is -2.40. The molecule has 0 N–H and O–H groups in total. The number of carbonyl (C=O) groups is 2. The number of ketones is 1. The van der Waals surface area contributed by atoms with Crippen molar-refractivity contribution >= 4 is 11.7 Å². The van der Waals surface area contributed by atoms with Gasteiger partial charge in [0.2, 0.25) is 5.91 Å². The third-order valence-electron chi connectivity index (χ3n) is 3.94. The zero-order valence-electron chi connectivity index (χ0n) is 13.2. The van der Waals surface area contributed by atoms with Crippen molar-refractivity contribution in [3.8, 4) is 0 Å². The molecule has 0 aromatic heterocycles. The van der Waals surface area contributed by atoms with Crippen molar-refractivity contribution in [2.75, 3.05) is 7.05 Å². The van der Waals surface area contributed by atoms with Crippen LogP contribution in [0.4, 0.5) is 0 Å². The van der Waals surface area contributed by atoms with E-state index in [0.29, 0.717) is 31.0 Å². The van der Waals surface area contributed by atoms with Gasteiger partial charge in [-0.15, -0.1) is 0 Å². The molecule has 110 valence electrons. The van der Waals surface area contributed by atoms with Crippen molar-refractivity contribution in [1.82, 2.24) is 4.90 Å². The number of hydrogen-bond acceptors (Lipinski definition) is 2. The second-order valence-corrected chi connectivity index (χ2v) is 7.35. The molecule has 0 spiro atoms. The van der Waals surface area contributed by atoms with Gasteiger partial charge < -0.3 is 4.90 Å². The van der Waals surface area contributed by atoms with Gasteiger partial charge in [0.25, 0.3) is 0 Å². The second kappa shape index (κ2) is 6.53. The van der Waals surface area contributed by atoms with Crippen LogP contribution >= 0.6 is 0 Å². The number of rotatable bonds is 4. The average Bonchev–Trinajstić information content (AvgIpc) is 2.26. The molecule has 1 amide bonds. The molecule has 1 fully saturated rings. The standard InChI is InChI=1S/C16H29NO2/c1-12(11-16(2,3)4)10-15(19)17(5)13-6-8-14(18)9-7-13/h12-13H,6-11H2,1-5H3. The van der Waals surface area contributed by atoms with Crippen LogP contribution < -0.4 is 0 Å². The molecule has 0 saturated heterocycles. The van der Waals surface area contributed by atoms with E-state index in [1.54, 1.807) is 0 Å². The number of Topliss-reactive ketones (excluding diaryl/α,β-unsaturated/α-hetero) is 1. The predicted molar refractivity (Wildman–Crippen MR) is 77.9 cm³/mol. The summed E-state index contributed by atoms with van der Waals surface area (Å²) in [4.78, 5) is 25.4. The van der Waals surface area contributed by atoms with E-state index >= 15 is 0 Å². The molecule has 0 aromatic carbocycles. The monoisotopic (exact) mass is 267 g/mol. The first kappa shape index (κ1) is 16.2. The van der Waals surface area contributed by atoms with E-state index < -0.39 is 0 Å². The van der Waals surface area contributed by atoms with Crippen molar-refractivity contribution in [2.24, 2.45) is 11.3 Å². The lowest BCUT2D eigenvalue weighted by molar-refractivity contribution is -0.135. The van der Waals surface area contributed by atoms with Gasteiger partial charge in [-0.2, -0.15) is 0 Å². The van der Waals surface area contributed by atoms with Gasteiger partial charge in [0, 0.05) is 32.4 Å². The van der Waals surface area contributed by atoms with Crippen LogP contribution in [0, 0.1) is 11.3 Å². The fourth-order valence-electron chi connectivity index (χ4n) is 3.08. The molecule has 1 unspecified atom stereocenters. The highest BCUT2D eigenvalue weighted by molar-refractivity contribution is 5.80. The van der Waals surface area contributed by atoms with Gasteiger partial charge in [-0.25, -0.2) is 0 Å². The number of carbonyl (C=O) groups excluding carboxylic acids is 2. The first-order valence-electron chi connectivity index (χ1n) is 7.46. The Morgan fingerprint density at radius 1 is 1.32 bits per heavy atom. The highest BCUT2D eigenvalue weighted by Crippen LogP contribution is 2.27. The number of amides is 1. The SMILES string of the molecule is CC(CC(=O)N(C)C1CCC(=O)CC1)CC(C)(C)C. The highest BCUT2D eigenvalue weighted by atomic mass is 16.2. The third kappa shape index (κ3) is 5.75. The molecular weight excluding hydrogens is 238 g/mol. The van der Waals surface area contributed by atoms with Gasteiger partial charge in [-0.1, -0.05) is 27.7 Å². The molecule has 1 atom stereocenters. The Morgan fingerprint density at radius 3 is 2.32 bits per heavy atom. The van der Waals surface area contributed by atoms with Crippen LogP contribution in [0.25, 0.3) is 0 Å². The minimum atomic E-state index is 0.232. The van der Waals surface area contributed by atoms with Crippen LogP contribution in [-0.4, -0.2) is 29.7 Å². The van der Waals surface area contributed by atoms with Crippen molar-refractivity contribution in [2.45, 2.75) is 72.3 Å². The lowest BCUT2D eigenvalue weighted by Gasteiger charge is -2.32. The predicted octanol–water partition coefficient (Wildman–Crippen LogP) is 3.42. The first-order chi connectivity index (χ1) is 8.69. The topological polar surface area (TPSA) is 37.4 Å². The van der Waals surface area contributed by atoms with E-state index in [9.17, 15) is 9.59 Å². The van der Waals surface area contributed by atoms with Gasteiger partial charge in [-0.05, 0) is 30.6 Å². The molecule has 1 aliphatic rings. The van der Waals surface area contributed by atoms with E-state index in [-0.39, 0.29) is 17.4 Å². The summed E-state index contributed by atoms with van der Waals surface area (Å²) in [5.41, 5.74) is 0.273. The Morgan fingerprint density at radius 2 is 1.84 bits per heavy atom. The first-order valence-corrected chi connectivity index (χ1v) is 7.46. The summed E-state index contributed by atoms with van der Waals surface area (Å²) < 4.78 is 0. The molecule has 1 rings (SSSR count). The summed E-state index contributed by atoms with van der Waals surface area (Å²) in [5.74, 6) is 0.995. The van der Waals surface area contributed by atoms with Crippen LogP contribution in [-0.2, 0) is 9.59 Å². The largest absolute Gasteiger partial charge is 0.343 e. The summed E-state index contributed by atoms with van der Waals surface area (Å²) in [6.07, 6.45) is 4.65. The quantitative estimate of drug-likeness (QED) is 0.782. The second-order valence-electron chi connectivity index (χ2n) is 7.35. The minimum Gasteiger partial charge on any atom is -0.343 e. The van der Waals surface area contributed by atoms with Crippen LogP contribution in [0.2, 0.25) is 0 Å². The van der Waals surface area contributed by atoms with Crippen LogP contribution in [0.15, 0.2) is 0 Å². The van der Waals surface area contributed by atoms with Crippen LogP contribution in [0.3, 0.4) is 0 Å². The Balaban J connectivity index is 2.42. The molecule has 0 aromatic rings. The molecule has 3 nitrogen and oxygen atoms in total. The van der Waals surface area contributed by atoms with Gasteiger partial charge in [0.1, 0.15) is 5.78 Å². The summed E-state index contributed by atoms with van der Waals surface area (Å²) >= 11 is 0. The van der Waals surface area contributed by atoms with E-state index in [1.807, 2.05) is 11.9 Å². The maximum absolute atomic E-state index is 12.3. The van der Waals surface area contributed by atoms with Crippen molar-refractivity contribution in [3.63, 3.8) is 0 Å². The zero-order chi connectivity index (χ0) is 14.6. The summed E-state index contributed by atoms with van der Waals surface area (Å²) in [6.45, 7) is 8.79. The molecule has 19 heavy (non-hydrogen) atoms. The zero-order valence-corrected chi connectivity index (χ0v) is 13.2. The Hall–Kier alpha value is -0.860. The van der Waals surface area contributed by atoms with Gasteiger partial charge in [0.05, 0.1) is 0 Å². The molecule has 1 aliphatic carbocycles. The molecule has 0 radical (unpaired) electrons. The van der Waals surface area contributed by atoms with Gasteiger partial charge >= 0.3 is 0 Å². The van der Waals surface area contributed by atoms with Crippen LogP contribution in [0.1, 0.15) is 66.2 Å². The Labute approximate surface area is 117 Å². The van der Waals surface area contributed by atoms with E-state index in [1.165, 1.54) is 0 Å². The third-order valence-corrected chi connectivity index (χ3v) is 3.94. The summed E-state index contributed by atoms with van der Waals surface area (Å²) in [7, 11) is 1.90. The molecule has 1 saturated carbocycles. The van der Waals surface area contributed by atoms with E-state index in [0.717, 1.165) is 19.3 Å². The highest BCUT2D eigenvalue weighted by Gasteiger charge is 2.26. The smallest absolute Gasteiger partial charge is 0.222 e. The summed E-state index contributed by atoms with van der Waals surface area (Å²) in [5, 5.41) is 0. The fourth-order valence-corrected chi connectivity index (χ4v) is 3.08. The Kier molecular flexibility index (Phi) is 5.57. The number of hydrogen-bond donors (Lipinski definition) is 0. The molecule has 3 heteroatoms. The van der Waals surface area contributed by atoms with E-state index in [2.05, 4.69) is 27.7 Å². The normalized spacial score (nSPS) is 19.3.